The van der Waals surface area contributed by atoms with Gasteiger partial charge in [0.1, 0.15) is 12.6 Å². The van der Waals surface area contributed by atoms with Gasteiger partial charge in [0.25, 0.3) is 0 Å². The summed E-state index contributed by atoms with van der Waals surface area (Å²) >= 11 is 5.66. The Bertz CT molecular complexity index is 380. The van der Waals surface area contributed by atoms with Crippen LogP contribution >= 0.6 is 11.6 Å². The second-order valence-electron chi connectivity index (χ2n) is 4.93. The molecule has 0 aromatic heterocycles. The number of nitroso groups, excluding NO2 is 1. The molecule has 0 aromatic carbocycles. The zero-order chi connectivity index (χ0) is 15.2. The normalized spacial score (nSPS) is 25.5. The molecule has 0 aliphatic heterocycles. The number of carbonyl (C=O) groups excluding carboxylic acids is 2. The van der Waals surface area contributed by atoms with Gasteiger partial charge in [-0.1, -0.05) is 9.50 Å². The standard InChI is InChI=1S/C12H20ClN3O4/c1-2-20-11(17)9-4-3-5-10(8-9)16(15-19,7-6-13)12(14)18/h9-10H,2-8H2,1H3,(H-,14,18)/p+1. The topological polar surface area (TPSA) is 98.8 Å². The number of hydrogen-bond acceptors (Lipinski definition) is 5. The summed E-state index contributed by atoms with van der Waals surface area (Å²) < 4.78 is 4.25. The summed E-state index contributed by atoms with van der Waals surface area (Å²) in [6.07, 6.45) is 2.39. The third-order valence-electron chi connectivity index (χ3n) is 3.82. The van der Waals surface area contributed by atoms with E-state index < -0.39 is 16.7 Å². The monoisotopic (exact) mass is 306 g/mol. The molecule has 0 radical (unpaired) electrons. The molecule has 7 nitrogen and oxygen atoms in total. The van der Waals surface area contributed by atoms with Crippen LogP contribution < -0.4 is 5.73 Å². The van der Waals surface area contributed by atoms with Crippen molar-refractivity contribution in [1.82, 2.24) is 0 Å². The molecular formula is C12H21ClN3O4+. The third-order valence-corrected chi connectivity index (χ3v) is 3.99. The third kappa shape index (κ3) is 3.46. The lowest BCUT2D eigenvalue weighted by Gasteiger charge is -2.36. The molecule has 1 fully saturated rings. The molecule has 0 spiro atoms. The number of alkyl halides is 1. The fourth-order valence-corrected chi connectivity index (χ4v) is 3.03. The maximum atomic E-state index is 11.8. The van der Waals surface area contributed by atoms with Gasteiger partial charge in [0, 0.05) is 12.8 Å². The van der Waals surface area contributed by atoms with E-state index in [0.717, 1.165) is 6.42 Å². The molecule has 2 amide bonds. The lowest BCUT2D eigenvalue weighted by molar-refractivity contribution is -0.882. The predicted octanol–water partition coefficient (Wildman–Crippen LogP) is 1.92. The molecule has 0 bridgehead atoms. The van der Waals surface area contributed by atoms with Crippen LogP contribution in [0.1, 0.15) is 32.6 Å². The lowest BCUT2D eigenvalue weighted by Crippen LogP contribution is -2.60. The van der Waals surface area contributed by atoms with Crippen molar-refractivity contribution in [1.29, 1.82) is 0 Å². The Balaban J connectivity index is 2.89. The number of nitrogens with two attached hydrogens (primary N) is 1. The molecule has 1 aliphatic carbocycles. The molecule has 1 aliphatic rings. The number of esters is 1. The average molecular weight is 307 g/mol. The Morgan fingerprint density at radius 2 is 2.15 bits per heavy atom. The smallest absolute Gasteiger partial charge is 0.443 e. The van der Waals surface area contributed by atoms with Crippen LogP contribution in [0.2, 0.25) is 0 Å². The number of quaternary nitrogens is 1. The molecule has 0 saturated heterocycles. The summed E-state index contributed by atoms with van der Waals surface area (Å²) in [5.41, 5.74) is 5.34. The molecule has 0 heterocycles. The first-order valence-corrected chi connectivity index (χ1v) is 7.30. The highest BCUT2D eigenvalue weighted by Gasteiger charge is 2.48. The largest absolute Gasteiger partial charge is 0.466 e. The maximum Gasteiger partial charge on any atom is 0.443 e. The number of urea groups is 1. The van der Waals surface area contributed by atoms with Gasteiger partial charge in [0.2, 0.25) is 0 Å². The van der Waals surface area contributed by atoms with E-state index in [0.29, 0.717) is 25.9 Å². The van der Waals surface area contributed by atoms with Crippen molar-refractivity contribution in [2.24, 2.45) is 16.9 Å². The number of primary amides is 1. The van der Waals surface area contributed by atoms with Gasteiger partial charge >= 0.3 is 12.0 Å². The lowest BCUT2D eigenvalue weighted by atomic mass is 9.84. The predicted molar refractivity (Wildman–Crippen MR) is 73.6 cm³/mol. The van der Waals surface area contributed by atoms with Crippen molar-refractivity contribution in [3.63, 3.8) is 0 Å². The highest BCUT2D eigenvalue weighted by Crippen LogP contribution is 2.33. The van der Waals surface area contributed by atoms with Crippen molar-refractivity contribution in [2.75, 3.05) is 19.0 Å². The van der Waals surface area contributed by atoms with E-state index in [9.17, 15) is 14.5 Å². The Labute approximate surface area is 122 Å². The van der Waals surface area contributed by atoms with E-state index >= 15 is 0 Å². The van der Waals surface area contributed by atoms with Gasteiger partial charge < -0.3 is 10.5 Å². The SMILES string of the molecule is CCOC(=O)C1CCCC([N+](CCCl)(N=O)C(N)=O)C1. The van der Waals surface area contributed by atoms with Gasteiger partial charge in [-0.2, -0.15) is 0 Å². The molecule has 20 heavy (non-hydrogen) atoms. The summed E-state index contributed by atoms with van der Waals surface area (Å²) in [6, 6.07) is -1.23. The van der Waals surface area contributed by atoms with Crippen LogP contribution in [0.3, 0.4) is 0 Å². The fraction of sp³-hybridized carbons (Fsp3) is 0.833. The summed E-state index contributed by atoms with van der Waals surface area (Å²) in [4.78, 5) is 34.7. The molecular weight excluding hydrogens is 286 g/mol. The maximum absolute atomic E-state index is 11.8. The van der Waals surface area contributed by atoms with Gasteiger partial charge in [0.15, 0.2) is 5.29 Å². The van der Waals surface area contributed by atoms with E-state index in [1.165, 1.54) is 0 Å². The van der Waals surface area contributed by atoms with Gasteiger partial charge in [-0.25, -0.2) is 4.79 Å². The fourth-order valence-electron chi connectivity index (χ4n) is 2.78. The summed E-state index contributed by atoms with van der Waals surface area (Å²) in [5.74, 6) is -0.519. The molecule has 1 saturated carbocycles. The Kier molecular flexibility index (Phi) is 6.35. The number of amides is 2. The summed E-state index contributed by atoms with van der Waals surface area (Å²) in [7, 11) is 0. The summed E-state index contributed by atoms with van der Waals surface area (Å²) in [5, 5.41) is 2.95. The highest BCUT2D eigenvalue weighted by atomic mass is 35.5. The zero-order valence-corrected chi connectivity index (χ0v) is 12.3. The first-order valence-electron chi connectivity index (χ1n) is 6.77. The second kappa shape index (κ2) is 7.54. The average Bonchev–Trinajstić information content (AvgIpc) is 2.45. The first-order chi connectivity index (χ1) is 9.51. The number of nitrogens with zero attached hydrogens (tertiary/aromatic N) is 2. The van der Waals surface area contributed by atoms with E-state index in [1.54, 1.807) is 6.92 Å². The minimum Gasteiger partial charge on any atom is -0.466 e. The molecule has 0 aromatic rings. The van der Waals surface area contributed by atoms with Crippen molar-refractivity contribution >= 4 is 23.6 Å². The van der Waals surface area contributed by atoms with Crippen LogP contribution in [0.5, 0.6) is 0 Å². The van der Waals surface area contributed by atoms with E-state index in [-0.39, 0.29) is 24.3 Å². The minimum atomic E-state index is -0.824. The van der Waals surface area contributed by atoms with Crippen molar-refractivity contribution < 1.29 is 18.9 Å². The Hall–Kier alpha value is -1.21. The van der Waals surface area contributed by atoms with Gasteiger partial charge in [-0.15, -0.1) is 11.6 Å². The number of rotatable bonds is 6. The molecule has 3 atom stereocenters. The second-order valence-corrected chi connectivity index (χ2v) is 5.31. The van der Waals surface area contributed by atoms with Gasteiger partial charge in [0.05, 0.1) is 18.4 Å². The number of ether oxygens (including phenoxy) is 1. The van der Waals surface area contributed by atoms with Crippen LogP contribution in [-0.4, -0.2) is 41.7 Å². The van der Waals surface area contributed by atoms with Crippen molar-refractivity contribution in [3.05, 3.63) is 4.91 Å². The van der Waals surface area contributed by atoms with Gasteiger partial charge in [-0.05, 0) is 19.8 Å². The Morgan fingerprint density at radius 3 is 2.65 bits per heavy atom. The molecule has 114 valence electrons. The quantitative estimate of drug-likeness (QED) is 0.266. The van der Waals surface area contributed by atoms with Crippen LogP contribution in [-0.2, 0) is 9.53 Å². The van der Waals surface area contributed by atoms with Gasteiger partial charge in [-0.3, -0.25) is 4.79 Å². The number of hydrogen-bond donors (Lipinski definition) is 1. The van der Waals surface area contributed by atoms with E-state index in [4.69, 9.17) is 22.1 Å². The number of halogens is 1. The minimum absolute atomic E-state index is 0.0423. The van der Waals surface area contributed by atoms with Crippen LogP contribution in [0.25, 0.3) is 0 Å². The molecule has 3 unspecified atom stereocenters. The zero-order valence-electron chi connectivity index (χ0n) is 11.6. The van der Waals surface area contributed by atoms with Crippen LogP contribution in [0.15, 0.2) is 5.29 Å². The van der Waals surface area contributed by atoms with E-state index in [1.807, 2.05) is 0 Å². The molecule has 1 rings (SSSR count). The van der Waals surface area contributed by atoms with Crippen LogP contribution in [0, 0.1) is 10.8 Å². The van der Waals surface area contributed by atoms with Crippen molar-refractivity contribution in [3.8, 4) is 0 Å². The van der Waals surface area contributed by atoms with Crippen molar-refractivity contribution in [2.45, 2.75) is 38.6 Å². The Morgan fingerprint density at radius 1 is 1.45 bits per heavy atom. The van der Waals surface area contributed by atoms with Crippen LogP contribution in [0.4, 0.5) is 4.79 Å². The summed E-state index contributed by atoms with van der Waals surface area (Å²) in [6.45, 7) is 2.09. The van der Waals surface area contributed by atoms with E-state index in [2.05, 4.69) is 5.29 Å². The first kappa shape index (κ1) is 16.8. The molecule has 2 N–H and O–H groups in total. The number of carbonyl (C=O) groups is 2. The highest BCUT2D eigenvalue weighted by molar-refractivity contribution is 6.18. The molecule has 8 heteroatoms.